The number of rotatable bonds is 2. The van der Waals surface area contributed by atoms with E-state index < -0.39 is 23.0 Å². The highest BCUT2D eigenvalue weighted by Gasteiger charge is 2.29. The summed E-state index contributed by atoms with van der Waals surface area (Å²) in [7, 11) is 2.65. The Morgan fingerprint density at radius 3 is 2.32 bits per heavy atom. The minimum absolute atomic E-state index is 0.141. The van der Waals surface area contributed by atoms with Crippen molar-refractivity contribution in [3.63, 3.8) is 0 Å². The van der Waals surface area contributed by atoms with Gasteiger partial charge in [-0.1, -0.05) is 18.2 Å². The van der Waals surface area contributed by atoms with Gasteiger partial charge in [-0.25, -0.2) is 4.79 Å². The summed E-state index contributed by atoms with van der Waals surface area (Å²) in [5, 5.41) is 15.6. The summed E-state index contributed by atoms with van der Waals surface area (Å²) in [6.45, 7) is 1.64. The van der Waals surface area contributed by atoms with Gasteiger partial charge in [0, 0.05) is 14.1 Å². The van der Waals surface area contributed by atoms with Crippen molar-refractivity contribution in [2.45, 2.75) is 6.92 Å². The second-order valence-electron chi connectivity index (χ2n) is 5.64. The molecule has 0 atom stereocenters. The van der Waals surface area contributed by atoms with Crippen LogP contribution in [0.4, 0.5) is 5.69 Å². The van der Waals surface area contributed by atoms with Gasteiger partial charge in [-0.05, 0) is 25.1 Å². The van der Waals surface area contributed by atoms with Crippen LogP contribution in [-0.2, 0) is 18.9 Å². The van der Waals surface area contributed by atoms with Crippen molar-refractivity contribution in [1.82, 2.24) is 9.13 Å². The highest BCUT2D eigenvalue weighted by atomic mass is 16.3. The van der Waals surface area contributed by atoms with Crippen LogP contribution < -0.4 is 16.3 Å². The van der Waals surface area contributed by atoms with E-state index in [1.807, 2.05) is 6.07 Å². The number of hydrazone groups is 1. The van der Waals surface area contributed by atoms with Gasteiger partial charge in [-0.2, -0.15) is 10.1 Å². The van der Waals surface area contributed by atoms with Gasteiger partial charge >= 0.3 is 5.69 Å². The van der Waals surface area contributed by atoms with Gasteiger partial charge in [0.2, 0.25) is 5.88 Å². The first-order valence-corrected chi connectivity index (χ1v) is 7.48. The summed E-state index contributed by atoms with van der Waals surface area (Å²) < 4.78 is 1.81. The number of aromatic nitrogens is 2. The lowest BCUT2D eigenvalue weighted by Gasteiger charge is -2.11. The van der Waals surface area contributed by atoms with Crippen molar-refractivity contribution in [1.29, 1.82) is 0 Å². The van der Waals surface area contributed by atoms with Gasteiger partial charge in [0.05, 0.1) is 17.0 Å². The lowest BCUT2D eigenvalue weighted by molar-refractivity contribution is -0.114. The molecule has 0 fully saturated rings. The Morgan fingerprint density at radius 1 is 1.04 bits per heavy atom. The maximum absolute atomic E-state index is 12.7. The minimum atomic E-state index is -0.688. The first-order chi connectivity index (χ1) is 11.8. The van der Waals surface area contributed by atoms with E-state index in [9.17, 15) is 19.5 Å². The van der Waals surface area contributed by atoms with Crippen LogP contribution in [0.5, 0.6) is 5.88 Å². The Kier molecular flexibility index (Phi) is 3.88. The molecule has 1 aromatic carbocycles. The standard InChI is InChI=1S/C17H16N4O4/c1-10-12(16(24)21(18-10)11-7-5-4-6-8-11)9-13-14(22)19(2)17(25)20(3)15(13)23/h4-9,22H,1-3H3. The molecule has 0 bridgehead atoms. The summed E-state index contributed by atoms with van der Waals surface area (Å²) >= 11 is 0. The molecule has 128 valence electrons. The molecule has 0 saturated heterocycles. The fraction of sp³-hybridized carbons (Fsp3) is 0.176. The third kappa shape index (κ3) is 2.57. The molecule has 1 aromatic heterocycles. The Bertz CT molecular complexity index is 1040. The Hall–Kier alpha value is -3.42. The number of aromatic hydroxyl groups is 1. The highest BCUT2D eigenvalue weighted by molar-refractivity contribution is 6.32. The van der Waals surface area contributed by atoms with Gasteiger partial charge in [0.15, 0.2) is 0 Å². The highest BCUT2D eigenvalue weighted by Crippen LogP contribution is 2.25. The molecule has 1 aliphatic rings. The van der Waals surface area contributed by atoms with E-state index in [4.69, 9.17) is 0 Å². The fourth-order valence-corrected chi connectivity index (χ4v) is 2.56. The molecule has 0 saturated carbocycles. The van der Waals surface area contributed by atoms with Crippen LogP contribution in [0.3, 0.4) is 0 Å². The molecular formula is C17H16N4O4. The van der Waals surface area contributed by atoms with Crippen LogP contribution in [0.25, 0.3) is 6.08 Å². The summed E-state index contributed by atoms with van der Waals surface area (Å²) in [5.41, 5.74) is -0.310. The molecule has 0 unspecified atom stereocenters. The molecule has 3 rings (SSSR count). The summed E-state index contributed by atoms with van der Waals surface area (Å²) in [6.07, 6.45) is 1.27. The van der Waals surface area contributed by atoms with Crippen molar-refractivity contribution in [3.05, 3.63) is 62.3 Å². The molecule has 2 heterocycles. The van der Waals surface area contributed by atoms with E-state index in [1.165, 1.54) is 25.2 Å². The van der Waals surface area contributed by atoms with E-state index in [0.29, 0.717) is 11.4 Å². The third-order valence-corrected chi connectivity index (χ3v) is 4.02. The first-order valence-electron chi connectivity index (χ1n) is 7.48. The van der Waals surface area contributed by atoms with Crippen molar-refractivity contribution in [2.75, 3.05) is 5.01 Å². The summed E-state index contributed by atoms with van der Waals surface area (Å²) in [6, 6.07) is 8.86. The summed E-state index contributed by atoms with van der Waals surface area (Å²) in [5.74, 6) is -0.918. The van der Waals surface area contributed by atoms with E-state index >= 15 is 0 Å². The van der Waals surface area contributed by atoms with Crippen molar-refractivity contribution >= 4 is 23.4 Å². The average molecular weight is 340 g/mol. The SMILES string of the molecule is CC1=NN(c2ccccc2)C(=O)C1=Cc1c(O)n(C)c(=O)n(C)c1=O. The second kappa shape index (κ2) is 5.90. The molecule has 25 heavy (non-hydrogen) atoms. The molecule has 1 amide bonds. The van der Waals surface area contributed by atoms with Crippen LogP contribution in [0.1, 0.15) is 12.5 Å². The maximum atomic E-state index is 12.7. The molecular weight excluding hydrogens is 324 g/mol. The van der Waals surface area contributed by atoms with Gasteiger partial charge in [-0.15, -0.1) is 0 Å². The normalized spacial score (nSPS) is 15.8. The molecule has 1 N–H and O–H groups in total. The molecule has 0 radical (unpaired) electrons. The van der Waals surface area contributed by atoms with Crippen LogP contribution in [0.2, 0.25) is 0 Å². The van der Waals surface area contributed by atoms with Gasteiger partial charge < -0.3 is 5.11 Å². The zero-order valence-corrected chi connectivity index (χ0v) is 13.9. The molecule has 8 nitrogen and oxygen atoms in total. The number of anilines is 1. The van der Waals surface area contributed by atoms with E-state index in [-0.39, 0.29) is 11.1 Å². The number of carbonyl (C=O) groups excluding carboxylic acids is 1. The van der Waals surface area contributed by atoms with Crippen LogP contribution in [-0.4, -0.2) is 25.9 Å². The molecule has 8 heteroatoms. The first kappa shape index (κ1) is 16.4. The minimum Gasteiger partial charge on any atom is -0.494 e. The number of amides is 1. The fourth-order valence-electron chi connectivity index (χ4n) is 2.56. The van der Waals surface area contributed by atoms with Crippen molar-refractivity contribution in [2.24, 2.45) is 19.2 Å². The number of carbonyl (C=O) groups is 1. The van der Waals surface area contributed by atoms with Crippen LogP contribution >= 0.6 is 0 Å². The quantitative estimate of drug-likeness (QED) is 0.810. The topological polar surface area (TPSA) is 96.9 Å². The lowest BCUT2D eigenvalue weighted by atomic mass is 10.1. The predicted molar refractivity (Wildman–Crippen MR) is 93.6 cm³/mol. The second-order valence-corrected chi connectivity index (χ2v) is 5.64. The maximum Gasteiger partial charge on any atom is 0.333 e. The Labute approximate surface area is 142 Å². The number of hydrogen-bond acceptors (Lipinski definition) is 5. The van der Waals surface area contributed by atoms with Crippen molar-refractivity contribution < 1.29 is 9.90 Å². The molecule has 0 aliphatic carbocycles. The third-order valence-electron chi connectivity index (χ3n) is 4.02. The van der Waals surface area contributed by atoms with Gasteiger partial charge in [0.25, 0.3) is 11.5 Å². The smallest absolute Gasteiger partial charge is 0.333 e. The monoisotopic (exact) mass is 340 g/mol. The largest absolute Gasteiger partial charge is 0.494 e. The van der Waals surface area contributed by atoms with Gasteiger partial charge in [0.1, 0.15) is 5.56 Å². The number of nitrogens with zero attached hydrogens (tertiary/aromatic N) is 4. The number of para-hydroxylation sites is 1. The summed E-state index contributed by atoms with van der Waals surface area (Å²) in [4.78, 5) is 36.8. The van der Waals surface area contributed by atoms with E-state index in [1.54, 1.807) is 31.2 Å². The lowest BCUT2D eigenvalue weighted by Crippen LogP contribution is -2.38. The van der Waals surface area contributed by atoms with Crippen LogP contribution in [0, 0.1) is 0 Å². The predicted octanol–water partition coefficient (Wildman–Crippen LogP) is 0.596. The zero-order chi connectivity index (χ0) is 18.3. The Balaban J connectivity index is 2.13. The zero-order valence-electron chi connectivity index (χ0n) is 13.9. The van der Waals surface area contributed by atoms with E-state index in [0.717, 1.165) is 9.13 Å². The van der Waals surface area contributed by atoms with Gasteiger partial charge in [-0.3, -0.25) is 18.7 Å². The average Bonchev–Trinajstić information content (AvgIpc) is 2.90. The van der Waals surface area contributed by atoms with Crippen LogP contribution in [0.15, 0.2) is 50.6 Å². The molecule has 0 spiro atoms. The molecule has 1 aliphatic heterocycles. The molecule has 2 aromatic rings. The Morgan fingerprint density at radius 2 is 1.68 bits per heavy atom. The number of benzene rings is 1. The number of hydrogen-bond donors (Lipinski definition) is 1. The van der Waals surface area contributed by atoms with E-state index in [2.05, 4.69) is 5.10 Å². The van der Waals surface area contributed by atoms with Crippen molar-refractivity contribution in [3.8, 4) is 5.88 Å².